The summed E-state index contributed by atoms with van der Waals surface area (Å²) in [4.78, 5) is 0. The number of halogens is 1. The first-order valence-electron chi connectivity index (χ1n) is 6.62. The van der Waals surface area contributed by atoms with Crippen molar-refractivity contribution in [2.45, 2.75) is 38.6 Å². The SMILES string of the molecule is Clc1c2c(nn1CCCc1ccccc1)CCC2. The number of rotatable bonds is 4. The molecule has 0 radical (unpaired) electrons. The van der Waals surface area contributed by atoms with Crippen LogP contribution in [0.2, 0.25) is 5.15 Å². The molecule has 1 aliphatic rings. The summed E-state index contributed by atoms with van der Waals surface area (Å²) >= 11 is 6.35. The molecule has 1 heterocycles. The Morgan fingerprint density at radius 1 is 1.17 bits per heavy atom. The van der Waals surface area contributed by atoms with E-state index in [-0.39, 0.29) is 0 Å². The summed E-state index contributed by atoms with van der Waals surface area (Å²) in [6.07, 6.45) is 5.59. The van der Waals surface area contributed by atoms with Crippen molar-refractivity contribution in [1.82, 2.24) is 9.78 Å². The summed E-state index contributed by atoms with van der Waals surface area (Å²) in [7, 11) is 0. The first-order chi connectivity index (χ1) is 8.84. The van der Waals surface area contributed by atoms with Gasteiger partial charge in [-0.15, -0.1) is 0 Å². The molecule has 0 N–H and O–H groups in total. The van der Waals surface area contributed by atoms with Crippen molar-refractivity contribution in [2.75, 3.05) is 0 Å². The molecule has 0 aliphatic heterocycles. The quantitative estimate of drug-likeness (QED) is 0.820. The van der Waals surface area contributed by atoms with E-state index in [2.05, 4.69) is 35.4 Å². The molecule has 0 unspecified atom stereocenters. The average molecular weight is 261 g/mol. The van der Waals surface area contributed by atoms with Gasteiger partial charge in [0.15, 0.2) is 0 Å². The van der Waals surface area contributed by atoms with Crippen LogP contribution in [0.1, 0.15) is 29.7 Å². The van der Waals surface area contributed by atoms with E-state index in [0.29, 0.717) is 0 Å². The van der Waals surface area contributed by atoms with Crippen LogP contribution in [0.4, 0.5) is 0 Å². The molecule has 0 amide bonds. The van der Waals surface area contributed by atoms with Crippen LogP contribution in [-0.4, -0.2) is 9.78 Å². The number of aromatic nitrogens is 2. The molecule has 18 heavy (non-hydrogen) atoms. The first kappa shape index (κ1) is 11.8. The predicted molar refractivity (Wildman–Crippen MR) is 74.0 cm³/mol. The molecule has 0 fully saturated rings. The van der Waals surface area contributed by atoms with E-state index >= 15 is 0 Å². The van der Waals surface area contributed by atoms with E-state index < -0.39 is 0 Å². The molecule has 2 aromatic rings. The Hall–Kier alpha value is -1.28. The van der Waals surface area contributed by atoms with Crippen LogP contribution in [0.15, 0.2) is 30.3 Å². The van der Waals surface area contributed by atoms with Crippen molar-refractivity contribution in [3.05, 3.63) is 52.3 Å². The first-order valence-corrected chi connectivity index (χ1v) is 7.00. The smallest absolute Gasteiger partial charge is 0.130 e. The molecule has 94 valence electrons. The highest BCUT2D eigenvalue weighted by molar-refractivity contribution is 6.30. The lowest BCUT2D eigenvalue weighted by Gasteiger charge is -2.04. The van der Waals surface area contributed by atoms with Crippen molar-refractivity contribution in [3.63, 3.8) is 0 Å². The van der Waals surface area contributed by atoms with Gasteiger partial charge in [0, 0.05) is 12.1 Å². The standard InChI is InChI=1S/C15H17ClN2/c16-15-13-9-4-10-14(13)17-18(15)11-5-8-12-6-2-1-3-7-12/h1-3,6-7H,4-5,8-11H2. The third-order valence-corrected chi connectivity index (χ3v) is 4.01. The molecule has 3 heteroatoms. The highest BCUT2D eigenvalue weighted by atomic mass is 35.5. The van der Waals surface area contributed by atoms with Crippen LogP contribution in [0.5, 0.6) is 0 Å². The van der Waals surface area contributed by atoms with Crippen LogP contribution >= 0.6 is 11.6 Å². The van der Waals surface area contributed by atoms with Gasteiger partial charge in [-0.3, -0.25) is 4.68 Å². The fraction of sp³-hybridized carbons (Fsp3) is 0.400. The molecule has 0 spiro atoms. The largest absolute Gasteiger partial charge is 0.253 e. The lowest BCUT2D eigenvalue weighted by atomic mass is 10.1. The maximum absolute atomic E-state index is 6.35. The van der Waals surface area contributed by atoms with Gasteiger partial charge in [0.1, 0.15) is 5.15 Å². The number of benzene rings is 1. The van der Waals surface area contributed by atoms with Gasteiger partial charge in [-0.2, -0.15) is 5.10 Å². The van der Waals surface area contributed by atoms with E-state index in [1.54, 1.807) is 0 Å². The number of hydrogen-bond acceptors (Lipinski definition) is 1. The summed E-state index contributed by atoms with van der Waals surface area (Å²) in [5.41, 5.74) is 3.89. The lowest BCUT2D eigenvalue weighted by Crippen LogP contribution is -2.03. The van der Waals surface area contributed by atoms with Crippen LogP contribution in [-0.2, 0) is 25.8 Å². The van der Waals surface area contributed by atoms with E-state index in [1.165, 1.54) is 23.2 Å². The average Bonchev–Trinajstić information content (AvgIpc) is 2.96. The van der Waals surface area contributed by atoms with Crippen molar-refractivity contribution in [1.29, 1.82) is 0 Å². The van der Waals surface area contributed by atoms with Gasteiger partial charge in [-0.25, -0.2) is 0 Å². The van der Waals surface area contributed by atoms with E-state index in [1.807, 2.05) is 4.68 Å². The normalized spacial score (nSPS) is 13.8. The molecule has 0 saturated heterocycles. The molecular formula is C15H17ClN2. The molecule has 1 aromatic carbocycles. The minimum absolute atomic E-state index is 0.871. The summed E-state index contributed by atoms with van der Waals surface area (Å²) in [6, 6.07) is 10.6. The Labute approximate surface area is 113 Å². The van der Waals surface area contributed by atoms with Gasteiger partial charge in [0.2, 0.25) is 0 Å². The number of nitrogens with zero attached hydrogens (tertiary/aromatic N) is 2. The lowest BCUT2D eigenvalue weighted by molar-refractivity contribution is 0.569. The maximum Gasteiger partial charge on any atom is 0.130 e. The minimum Gasteiger partial charge on any atom is -0.253 e. The molecule has 0 bridgehead atoms. The highest BCUT2D eigenvalue weighted by Crippen LogP contribution is 2.28. The third kappa shape index (κ3) is 2.30. The zero-order valence-corrected chi connectivity index (χ0v) is 11.2. The summed E-state index contributed by atoms with van der Waals surface area (Å²) < 4.78 is 1.98. The van der Waals surface area contributed by atoms with Crippen LogP contribution in [0.3, 0.4) is 0 Å². The predicted octanol–water partition coefficient (Wildman–Crippen LogP) is 3.66. The van der Waals surface area contributed by atoms with Gasteiger partial charge in [-0.1, -0.05) is 41.9 Å². The van der Waals surface area contributed by atoms with Crippen LogP contribution < -0.4 is 0 Å². The van der Waals surface area contributed by atoms with Crippen molar-refractivity contribution < 1.29 is 0 Å². The molecule has 1 aliphatic carbocycles. The maximum atomic E-state index is 6.35. The van der Waals surface area contributed by atoms with E-state index in [0.717, 1.165) is 37.4 Å². The molecule has 0 atom stereocenters. The highest BCUT2D eigenvalue weighted by Gasteiger charge is 2.20. The molecule has 2 nitrogen and oxygen atoms in total. The Bertz CT molecular complexity index is 531. The second-order valence-corrected chi connectivity index (χ2v) is 5.24. The second kappa shape index (κ2) is 5.15. The topological polar surface area (TPSA) is 17.8 Å². The Balaban J connectivity index is 1.61. The minimum atomic E-state index is 0.871. The zero-order valence-electron chi connectivity index (χ0n) is 10.4. The Morgan fingerprint density at radius 2 is 2.00 bits per heavy atom. The van der Waals surface area contributed by atoms with E-state index in [4.69, 9.17) is 11.6 Å². The monoisotopic (exact) mass is 260 g/mol. The van der Waals surface area contributed by atoms with Crippen molar-refractivity contribution >= 4 is 11.6 Å². The summed E-state index contributed by atoms with van der Waals surface area (Å²) in [5.74, 6) is 0. The van der Waals surface area contributed by atoms with Crippen LogP contribution in [0.25, 0.3) is 0 Å². The summed E-state index contributed by atoms with van der Waals surface area (Å²) in [5, 5.41) is 5.48. The van der Waals surface area contributed by atoms with Crippen molar-refractivity contribution in [3.8, 4) is 0 Å². The fourth-order valence-electron chi connectivity index (χ4n) is 2.63. The molecule has 3 rings (SSSR count). The van der Waals surface area contributed by atoms with Gasteiger partial charge in [-0.05, 0) is 37.7 Å². The Morgan fingerprint density at radius 3 is 2.78 bits per heavy atom. The van der Waals surface area contributed by atoms with Crippen LogP contribution in [0, 0.1) is 0 Å². The third-order valence-electron chi connectivity index (χ3n) is 3.58. The van der Waals surface area contributed by atoms with Crippen molar-refractivity contribution in [2.24, 2.45) is 0 Å². The number of aryl methyl sites for hydroxylation is 3. The van der Waals surface area contributed by atoms with E-state index in [9.17, 15) is 0 Å². The van der Waals surface area contributed by atoms with Gasteiger partial charge < -0.3 is 0 Å². The fourth-order valence-corrected chi connectivity index (χ4v) is 2.96. The molecular weight excluding hydrogens is 244 g/mol. The molecule has 0 saturated carbocycles. The van der Waals surface area contributed by atoms with Gasteiger partial charge in [0.25, 0.3) is 0 Å². The van der Waals surface area contributed by atoms with Gasteiger partial charge >= 0.3 is 0 Å². The second-order valence-electron chi connectivity index (χ2n) is 4.88. The zero-order chi connectivity index (χ0) is 12.4. The van der Waals surface area contributed by atoms with Gasteiger partial charge in [0.05, 0.1) is 5.69 Å². The molecule has 1 aromatic heterocycles. The Kier molecular flexibility index (Phi) is 3.37. The number of fused-ring (bicyclic) bond motifs is 1. The summed E-state index contributed by atoms with van der Waals surface area (Å²) in [6.45, 7) is 0.917. The number of hydrogen-bond donors (Lipinski definition) is 0.